The Morgan fingerprint density at radius 2 is 2.00 bits per heavy atom. The number of nitrogens with zero attached hydrogens (tertiary/aromatic N) is 1. The van der Waals surface area contributed by atoms with Crippen molar-refractivity contribution in [3.8, 4) is 0 Å². The van der Waals surface area contributed by atoms with Crippen molar-refractivity contribution in [1.29, 1.82) is 0 Å². The molecule has 11 heavy (non-hydrogen) atoms. The number of hydrogen-bond acceptors (Lipinski definition) is 2. The van der Waals surface area contributed by atoms with E-state index in [2.05, 4.69) is 13.2 Å². The second-order valence-electron chi connectivity index (χ2n) is 2.48. The first kappa shape index (κ1) is 9.75. The third-order valence-electron chi connectivity index (χ3n) is 1.33. The van der Waals surface area contributed by atoms with Crippen LogP contribution in [0.5, 0.6) is 0 Å². The van der Waals surface area contributed by atoms with Crippen molar-refractivity contribution in [2.45, 2.75) is 6.92 Å². The van der Waals surface area contributed by atoms with Crippen molar-refractivity contribution in [1.82, 2.24) is 4.90 Å². The van der Waals surface area contributed by atoms with Gasteiger partial charge in [0.25, 0.3) is 0 Å². The molecule has 0 atom stereocenters. The van der Waals surface area contributed by atoms with E-state index in [1.165, 1.54) is 0 Å². The Labute approximate surface area is 66.6 Å². The molecule has 62 valence electrons. The fourth-order valence-corrected chi connectivity index (χ4v) is 0.624. The Kier molecular flexibility index (Phi) is 3.37. The Morgan fingerprint density at radius 1 is 1.55 bits per heavy atom. The summed E-state index contributed by atoms with van der Waals surface area (Å²) >= 11 is 0. The van der Waals surface area contributed by atoms with Gasteiger partial charge in [-0.15, -0.1) is 0 Å². The van der Waals surface area contributed by atoms with Crippen LogP contribution in [0.3, 0.4) is 0 Å². The molecule has 0 aromatic rings. The van der Waals surface area contributed by atoms with Crippen LogP contribution >= 0.6 is 0 Å². The quantitative estimate of drug-likeness (QED) is 0.618. The minimum Gasteiger partial charge on any atom is -0.480 e. The van der Waals surface area contributed by atoms with Gasteiger partial charge in [0.15, 0.2) is 0 Å². The molecule has 3 nitrogen and oxygen atoms in total. The van der Waals surface area contributed by atoms with Gasteiger partial charge in [0, 0.05) is 12.7 Å². The molecule has 1 N–H and O–H groups in total. The van der Waals surface area contributed by atoms with Crippen LogP contribution in [-0.2, 0) is 4.79 Å². The van der Waals surface area contributed by atoms with E-state index < -0.39 is 5.97 Å². The van der Waals surface area contributed by atoms with E-state index in [1.807, 2.05) is 0 Å². The zero-order valence-corrected chi connectivity index (χ0v) is 6.92. The lowest BCUT2D eigenvalue weighted by molar-refractivity contribution is -0.137. The molecule has 0 aliphatic heterocycles. The molecular formula is C8H13NO2. The van der Waals surface area contributed by atoms with E-state index in [1.54, 1.807) is 18.9 Å². The van der Waals surface area contributed by atoms with Crippen LogP contribution < -0.4 is 0 Å². The topological polar surface area (TPSA) is 40.5 Å². The lowest BCUT2D eigenvalue weighted by atomic mass is 10.2. The van der Waals surface area contributed by atoms with Gasteiger partial charge in [0.2, 0.25) is 0 Å². The molecule has 0 unspecified atom stereocenters. The van der Waals surface area contributed by atoms with Gasteiger partial charge in [-0.3, -0.25) is 4.79 Å². The summed E-state index contributed by atoms with van der Waals surface area (Å²) in [6.45, 7) is 9.08. The van der Waals surface area contributed by atoms with Gasteiger partial charge in [-0.2, -0.15) is 0 Å². The first-order valence-corrected chi connectivity index (χ1v) is 3.23. The number of carbonyl (C=O) groups is 1. The highest BCUT2D eigenvalue weighted by Crippen LogP contribution is 2.06. The van der Waals surface area contributed by atoms with Crippen LogP contribution in [-0.4, -0.2) is 29.6 Å². The number of carboxylic acid groups (broad SMARTS) is 1. The van der Waals surface area contributed by atoms with E-state index in [0.29, 0.717) is 5.70 Å². The van der Waals surface area contributed by atoms with Gasteiger partial charge in [0.1, 0.15) is 6.54 Å². The molecule has 0 rings (SSSR count). The summed E-state index contributed by atoms with van der Waals surface area (Å²) in [7, 11) is 1.67. The Bertz CT molecular complexity index is 196. The standard InChI is InChI=1S/C8H13NO2/c1-6(2)7(3)9(4)5-8(10)11/h1,3,5H2,2,4H3,(H,10,11). The molecule has 0 aliphatic carbocycles. The zero-order chi connectivity index (χ0) is 9.02. The third kappa shape index (κ3) is 3.45. The molecule has 3 heteroatoms. The normalized spacial score (nSPS) is 8.91. The molecule has 0 saturated heterocycles. The van der Waals surface area contributed by atoms with Crippen molar-refractivity contribution in [2.75, 3.05) is 13.6 Å². The third-order valence-corrected chi connectivity index (χ3v) is 1.33. The van der Waals surface area contributed by atoms with Gasteiger partial charge in [0.05, 0.1) is 0 Å². The zero-order valence-electron chi connectivity index (χ0n) is 6.92. The molecule has 0 aromatic carbocycles. The lowest BCUT2D eigenvalue weighted by Gasteiger charge is -2.18. The molecule has 0 spiro atoms. The van der Waals surface area contributed by atoms with Crippen LogP contribution in [0.2, 0.25) is 0 Å². The number of likely N-dealkylation sites (N-methyl/N-ethyl adjacent to an activating group) is 1. The summed E-state index contributed by atoms with van der Waals surface area (Å²) < 4.78 is 0. The minimum atomic E-state index is -0.866. The van der Waals surface area contributed by atoms with Crippen LogP contribution in [0, 0.1) is 0 Å². The number of aliphatic carboxylic acids is 1. The lowest BCUT2D eigenvalue weighted by Crippen LogP contribution is -2.24. The average molecular weight is 155 g/mol. The number of rotatable bonds is 4. The number of carboxylic acids is 1. The van der Waals surface area contributed by atoms with Crippen LogP contribution in [0.25, 0.3) is 0 Å². The summed E-state index contributed by atoms with van der Waals surface area (Å²) in [5.74, 6) is -0.866. The Hall–Kier alpha value is -1.25. The summed E-state index contributed by atoms with van der Waals surface area (Å²) in [6, 6.07) is 0. The van der Waals surface area contributed by atoms with Gasteiger partial charge in [-0.1, -0.05) is 13.2 Å². The van der Waals surface area contributed by atoms with Gasteiger partial charge in [-0.05, 0) is 12.5 Å². The fourth-order valence-electron chi connectivity index (χ4n) is 0.624. The van der Waals surface area contributed by atoms with Crippen molar-refractivity contribution in [3.63, 3.8) is 0 Å². The largest absolute Gasteiger partial charge is 0.480 e. The summed E-state index contributed by atoms with van der Waals surface area (Å²) in [5.41, 5.74) is 1.45. The van der Waals surface area contributed by atoms with E-state index in [4.69, 9.17) is 5.11 Å². The summed E-state index contributed by atoms with van der Waals surface area (Å²) in [6.07, 6.45) is 0. The van der Waals surface area contributed by atoms with Crippen LogP contribution in [0.15, 0.2) is 24.4 Å². The van der Waals surface area contributed by atoms with Gasteiger partial charge in [-0.25, -0.2) is 0 Å². The van der Waals surface area contributed by atoms with E-state index >= 15 is 0 Å². The van der Waals surface area contributed by atoms with Gasteiger partial charge >= 0.3 is 5.97 Å². The Morgan fingerprint density at radius 3 is 2.27 bits per heavy atom. The number of hydrogen-bond donors (Lipinski definition) is 1. The van der Waals surface area contributed by atoms with Crippen molar-refractivity contribution < 1.29 is 9.90 Å². The highest BCUT2D eigenvalue weighted by Gasteiger charge is 2.05. The van der Waals surface area contributed by atoms with E-state index in [0.717, 1.165) is 5.57 Å². The maximum atomic E-state index is 10.2. The van der Waals surface area contributed by atoms with Crippen molar-refractivity contribution in [3.05, 3.63) is 24.4 Å². The molecule has 0 fully saturated rings. The summed E-state index contributed by atoms with van der Waals surface area (Å²) in [4.78, 5) is 11.8. The predicted octanol–water partition coefficient (Wildman–Crippen LogP) is 1.09. The smallest absolute Gasteiger partial charge is 0.323 e. The minimum absolute atomic E-state index is 0.0360. The average Bonchev–Trinajstić information content (AvgIpc) is 1.84. The first-order chi connectivity index (χ1) is 4.95. The molecule has 0 aromatic heterocycles. The molecule has 0 radical (unpaired) electrons. The maximum absolute atomic E-state index is 10.2. The van der Waals surface area contributed by atoms with Gasteiger partial charge < -0.3 is 10.0 Å². The number of allylic oxidation sites excluding steroid dienone is 1. The van der Waals surface area contributed by atoms with Crippen molar-refractivity contribution in [2.24, 2.45) is 0 Å². The SMILES string of the molecule is C=C(C)C(=C)N(C)CC(=O)O. The Balaban J connectivity index is 4.03. The fraction of sp³-hybridized carbons (Fsp3) is 0.375. The van der Waals surface area contributed by atoms with Crippen LogP contribution in [0.4, 0.5) is 0 Å². The van der Waals surface area contributed by atoms with Crippen molar-refractivity contribution >= 4 is 5.97 Å². The highest BCUT2D eigenvalue weighted by molar-refractivity contribution is 5.69. The van der Waals surface area contributed by atoms with E-state index in [-0.39, 0.29) is 6.54 Å². The molecule has 0 saturated carbocycles. The molecular weight excluding hydrogens is 142 g/mol. The maximum Gasteiger partial charge on any atom is 0.323 e. The second-order valence-corrected chi connectivity index (χ2v) is 2.48. The van der Waals surface area contributed by atoms with E-state index in [9.17, 15) is 4.79 Å². The molecule has 0 aliphatic rings. The predicted molar refractivity (Wildman–Crippen MR) is 44.2 cm³/mol. The first-order valence-electron chi connectivity index (χ1n) is 3.23. The monoisotopic (exact) mass is 155 g/mol. The van der Waals surface area contributed by atoms with Crippen LogP contribution in [0.1, 0.15) is 6.92 Å². The summed E-state index contributed by atoms with van der Waals surface area (Å²) in [5, 5.41) is 8.40. The second kappa shape index (κ2) is 3.81. The molecule has 0 heterocycles. The highest BCUT2D eigenvalue weighted by atomic mass is 16.4. The molecule has 0 amide bonds. The molecule has 0 bridgehead atoms.